The summed E-state index contributed by atoms with van der Waals surface area (Å²) < 4.78 is 1.01. The Hall–Kier alpha value is -1.58. The lowest BCUT2D eigenvalue weighted by Gasteiger charge is -2.01. The minimum atomic E-state index is 0.0981. The van der Waals surface area contributed by atoms with Gasteiger partial charge in [0.25, 0.3) is 0 Å². The van der Waals surface area contributed by atoms with Gasteiger partial charge in [0.15, 0.2) is 5.78 Å². The largest absolute Gasteiger partial charge is 0.360 e. The fourth-order valence-corrected chi connectivity index (χ4v) is 2.65. The number of hydrogen-bond donors (Lipinski definition) is 1. The number of carbonyl (C=O) groups is 1. The molecular formula is C16H11BrClNO. The van der Waals surface area contributed by atoms with Crippen molar-refractivity contribution in [3.05, 3.63) is 69.3 Å². The Balaban J connectivity index is 1.91. The molecule has 0 fully saturated rings. The highest BCUT2D eigenvalue weighted by Crippen LogP contribution is 2.23. The molecule has 4 heteroatoms. The standard InChI is InChI=1S/C16H11BrClNO/c17-11-3-1-10(2-4-11)7-16(20)14-9-19-15-8-12(18)5-6-13(14)15/h1-6,8-9,19H,7H2. The molecule has 0 saturated heterocycles. The third-order valence-corrected chi connectivity index (χ3v) is 3.99. The number of benzene rings is 2. The number of nitrogens with one attached hydrogen (secondary N) is 1. The monoisotopic (exact) mass is 347 g/mol. The predicted molar refractivity (Wildman–Crippen MR) is 85.5 cm³/mol. The van der Waals surface area contributed by atoms with Crippen LogP contribution in [0, 0.1) is 0 Å². The van der Waals surface area contributed by atoms with Crippen LogP contribution in [0.3, 0.4) is 0 Å². The maximum absolute atomic E-state index is 12.4. The van der Waals surface area contributed by atoms with Crippen LogP contribution in [-0.4, -0.2) is 10.8 Å². The summed E-state index contributed by atoms with van der Waals surface area (Å²) in [5, 5.41) is 1.57. The van der Waals surface area contributed by atoms with Crippen LogP contribution in [-0.2, 0) is 6.42 Å². The third kappa shape index (κ3) is 2.65. The molecule has 20 heavy (non-hydrogen) atoms. The van der Waals surface area contributed by atoms with Crippen molar-refractivity contribution in [1.29, 1.82) is 0 Å². The summed E-state index contributed by atoms with van der Waals surface area (Å²) in [6, 6.07) is 13.3. The molecule has 0 amide bonds. The second kappa shape index (κ2) is 5.43. The lowest BCUT2D eigenvalue weighted by molar-refractivity contribution is 0.0994. The van der Waals surface area contributed by atoms with Crippen molar-refractivity contribution in [1.82, 2.24) is 4.98 Å². The SMILES string of the molecule is O=C(Cc1ccc(Br)cc1)c1c[nH]c2cc(Cl)ccc12. The van der Waals surface area contributed by atoms with E-state index in [0.717, 1.165) is 20.9 Å². The molecule has 0 spiro atoms. The zero-order valence-corrected chi connectivity index (χ0v) is 12.8. The molecular weight excluding hydrogens is 338 g/mol. The number of Topliss-reactive ketones (excluding diaryl/α,β-unsaturated/α-hetero) is 1. The highest BCUT2D eigenvalue weighted by molar-refractivity contribution is 9.10. The van der Waals surface area contributed by atoms with Gasteiger partial charge in [0, 0.05) is 38.6 Å². The van der Waals surface area contributed by atoms with Crippen molar-refractivity contribution >= 4 is 44.2 Å². The highest BCUT2D eigenvalue weighted by atomic mass is 79.9. The van der Waals surface area contributed by atoms with Gasteiger partial charge in [0.05, 0.1) is 0 Å². The molecule has 2 aromatic carbocycles. The van der Waals surface area contributed by atoms with Crippen molar-refractivity contribution < 1.29 is 4.79 Å². The molecule has 0 saturated carbocycles. The van der Waals surface area contributed by atoms with Gasteiger partial charge in [-0.2, -0.15) is 0 Å². The lowest BCUT2D eigenvalue weighted by atomic mass is 10.0. The summed E-state index contributed by atoms with van der Waals surface area (Å²) in [7, 11) is 0. The van der Waals surface area contributed by atoms with E-state index in [9.17, 15) is 4.79 Å². The van der Waals surface area contributed by atoms with Crippen LogP contribution in [0.4, 0.5) is 0 Å². The Morgan fingerprint density at radius 1 is 1.15 bits per heavy atom. The second-order valence-corrected chi connectivity index (χ2v) is 5.97. The molecule has 0 unspecified atom stereocenters. The third-order valence-electron chi connectivity index (χ3n) is 3.22. The second-order valence-electron chi connectivity index (χ2n) is 4.62. The van der Waals surface area contributed by atoms with E-state index >= 15 is 0 Å². The summed E-state index contributed by atoms with van der Waals surface area (Å²) in [6.45, 7) is 0. The van der Waals surface area contributed by atoms with Crippen LogP contribution in [0.1, 0.15) is 15.9 Å². The van der Waals surface area contributed by atoms with Crippen molar-refractivity contribution in [2.24, 2.45) is 0 Å². The Bertz CT molecular complexity index is 777. The van der Waals surface area contributed by atoms with Crippen molar-refractivity contribution in [3.8, 4) is 0 Å². The Morgan fingerprint density at radius 3 is 2.65 bits per heavy atom. The number of rotatable bonds is 3. The van der Waals surface area contributed by atoms with E-state index in [2.05, 4.69) is 20.9 Å². The lowest BCUT2D eigenvalue weighted by Crippen LogP contribution is -2.02. The average Bonchev–Trinajstić information content (AvgIpc) is 2.84. The van der Waals surface area contributed by atoms with Crippen LogP contribution in [0.25, 0.3) is 10.9 Å². The minimum absolute atomic E-state index is 0.0981. The molecule has 0 aliphatic heterocycles. The molecule has 0 aliphatic rings. The molecule has 0 radical (unpaired) electrons. The summed E-state index contributed by atoms with van der Waals surface area (Å²) in [4.78, 5) is 15.5. The van der Waals surface area contributed by atoms with Gasteiger partial charge in [-0.1, -0.05) is 45.7 Å². The molecule has 0 aliphatic carbocycles. The summed E-state index contributed by atoms with van der Waals surface area (Å²) >= 11 is 9.33. The van der Waals surface area contributed by atoms with E-state index in [1.54, 1.807) is 12.3 Å². The van der Waals surface area contributed by atoms with E-state index in [-0.39, 0.29) is 5.78 Å². The zero-order chi connectivity index (χ0) is 14.1. The number of carbonyl (C=O) groups excluding carboxylic acids is 1. The van der Waals surface area contributed by atoms with Gasteiger partial charge in [-0.15, -0.1) is 0 Å². The number of hydrogen-bond acceptors (Lipinski definition) is 1. The fraction of sp³-hybridized carbons (Fsp3) is 0.0625. The minimum Gasteiger partial charge on any atom is -0.360 e. The van der Waals surface area contributed by atoms with E-state index in [0.29, 0.717) is 17.0 Å². The molecule has 1 aromatic heterocycles. The fourth-order valence-electron chi connectivity index (χ4n) is 2.21. The van der Waals surface area contributed by atoms with Gasteiger partial charge in [0.1, 0.15) is 0 Å². The van der Waals surface area contributed by atoms with Crippen LogP contribution in [0.15, 0.2) is 53.1 Å². The number of halogens is 2. The first-order valence-corrected chi connectivity index (χ1v) is 7.35. The van der Waals surface area contributed by atoms with Gasteiger partial charge in [-0.25, -0.2) is 0 Å². The number of H-pyrrole nitrogens is 1. The van der Waals surface area contributed by atoms with E-state index in [4.69, 9.17) is 11.6 Å². The molecule has 1 N–H and O–H groups in total. The van der Waals surface area contributed by atoms with Crippen LogP contribution >= 0.6 is 27.5 Å². The Kier molecular flexibility index (Phi) is 3.64. The first-order chi connectivity index (χ1) is 9.63. The average molecular weight is 349 g/mol. The number of ketones is 1. The van der Waals surface area contributed by atoms with Gasteiger partial charge in [-0.3, -0.25) is 4.79 Å². The van der Waals surface area contributed by atoms with Crippen LogP contribution < -0.4 is 0 Å². The molecule has 3 rings (SSSR count). The summed E-state index contributed by atoms with van der Waals surface area (Å²) in [6.07, 6.45) is 2.14. The zero-order valence-electron chi connectivity index (χ0n) is 10.5. The molecule has 100 valence electrons. The number of aromatic nitrogens is 1. The molecule has 3 aromatic rings. The van der Waals surface area contributed by atoms with Gasteiger partial charge in [-0.05, 0) is 29.8 Å². The first kappa shape index (κ1) is 13.4. The smallest absolute Gasteiger partial charge is 0.169 e. The molecule has 2 nitrogen and oxygen atoms in total. The van der Waals surface area contributed by atoms with Crippen molar-refractivity contribution in [3.63, 3.8) is 0 Å². The van der Waals surface area contributed by atoms with Crippen molar-refractivity contribution in [2.75, 3.05) is 0 Å². The normalized spacial score (nSPS) is 10.9. The topological polar surface area (TPSA) is 32.9 Å². The Morgan fingerprint density at radius 2 is 1.90 bits per heavy atom. The maximum Gasteiger partial charge on any atom is 0.169 e. The van der Waals surface area contributed by atoms with E-state index < -0.39 is 0 Å². The van der Waals surface area contributed by atoms with Gasteiger partial charge in [0.2, 0.25) is 0 Å². The Labute approximate surface area is 129 Å². The molecule has 0 atom stereocenters. The summed E-state index contributed by atoms with van der Waals surface area (Å²) in [5.41, 5.74) is 2.60. The highest BCUT2D eigenvalue weighted by Gasteiger charge is 2.12. The van der Waals surface area contributed by atoms with Gasteiger partial charge < -0.3 is 4.98 Å². The number of fused-ring (bicyclic) bond motifs is 1. The van der Waals surface area contributed by atoms with Crippen LogP contribution in [0.5, 0.6) is 0 Å². The number of aromatic amines is 1. The molecule has 1 heterocycles. The maximum atomic E-state index is 12.4. The van der Waals surface area contributed by atoms with E-state index in [1.807, 2.05) is 36.4 Å². The first-order valence-electron chi connectivity index (χ1n) is 6.18. The van der Waals surface area contributed by atoms with Crippen molar-refractivity contribution in [2.45, 2.75) is 6.42 Å². The van der Waals surface area contributed by atoms with E-state index in [1.165, 1.54) is 0 Å². The quantitative estimate of drug-likeness (QED) is 0.663. The predicted octanol–water partition coefficient (Wildman–Crippen LogP) is 5.01. The summed E-state index contributed by atoms with van der Waals surface area (Å²) in [5.74, 6) is 0.0981. The van der Waals surface area contributed by atoms with Gasteiger partial charge >= 0.3 is 0 Å². The molecule has 0 bridgehead atoms. The van der Waals surface area contributed by atoms with Crippen LogP contribution in [0.2, 0.25) is 5.02 Å².